The van der Waals surface area contributed by atoms with Crippen molar-refractivity contribution in [2.45, 2.75) is 26.7 Å². The Morgan fingerprint density at radius 3 is 2.69 bits per heavy atom. The van der Waals surface area contributed by atoms with E-state index in [0.717, 1.165) is 12.4 Å². The maximum atomic E-state index is 5.85. The summed E-state index contributed by atoms with van der Waals surface area (Å²) in [5, 5.41) is 3.78. The third kappa shape index (κ3) is 2.40. The van der Waals surface area contributed by atoms with Crippen LogP contribution in [0.15, 0.2) is 12.1 Å². The van der Waals surface area contributed by atoms with Crippen LogP contribution in [0, 0.1) is 11.3 Å². The van der Waals surface area contributed by atoms with Gasteiger partial charge in [0.1, 0.15) is 11.0 Å². The van der Waals surface area contributed by atoms with Gasteiger partial charge < -0.3 is 11.1 Å². The number of anilines is 2. The zero-order valence-electron chi connectivity index (χ0n) is 9.76. The van der Waals surface area contributed by atoms with Crippen LogP contribution in [0.1, 0.15) is 26.7 Å². The lowest BCUT2D eigenvalue weighted by molar-refractivity contribution is 0.380. The molecule has 0 spiro atoms. The molecule has 0 amide bonds. The maximum absolute atomic E-state index is 5.85. The van der Waals surface area contributed by atoms with Gasteiger partial charge in [0.25, 0.3) is 0 Å². The van der Waals surface area contributed by atoms with E-state index in [9.17, 15) is 0 Å². The maximum Gasteiger partial charge on any atom is 0.133 e. The number of halogens is 1. The average molecular weight is 240 g/mol. The van der Waals surface area contributed by atoms with Gasteiger partial charge in [-0.3, -0.25) is 0 Å². The molecule has 4 heteroatoms. The molecule has 0 saturated heterocycles. The molecule has 0 aromatic carbocycles. The lowest BCUT2D eigenvalue weighted by Crippen LogP contribution is -2.21. The van der Waals surface area contributed by atoms with E-state index in [1.807, 2.05) is 6.07 Å². The highest BCUT2D eigenvalue weighted by Gasteiger charge is 2.44. The number of nitrogens with two attached hydrogens (primary N) is 1. The van der Waals surface area contributed by atoms with Crippen LogP contribution in [-0.2, 0) is 0 Å². The molecule has 2 rings (SSSR count). The van der Waals surface area contributed by atoms with Crippen molar-refractivity contribution in [3.63, 3.8) is 0 Å². The highest BCUT2D eigenvalue weighted by Crippen LogP contribution is 2.51. The molecule has 0 atom stereocenters. The number of pyridine rings is 1. The molecule has 16 heavy (non-hydrogen) atoms. The van der Waals surface area contributed by atoms with Crippen molar-refractivity contribution in [2.75, 3.05) is 17.6 Å². The van der Waals surface area contributed by atoms with Gasteiger partial charge in [-0.15, -0.1) is 0 Å². The van der Waals surface area contributed by atoms with Crippen molar-refractivity contribution in [1.82, 2.24) is 4.98 Å². The number of hydrogen-bond donors (Lipinski definition) is 2. The van der Waals surface area contributed by atoms with Gasteiger partial charge in [-0.05, 0) is 30.2 Å². The number of nitrogen functional groups attached to an aromatic ring is 1. The summed E-state index contributed by atoms with van der Waals surface area (Å²) in [5.74, 6) is 1.48. The van der Waals surface area contributed by atoms with E-state index in [-0.39, 0.29) is 0 Å². The van der Waals surface area contributed by atoms with Gasteiger partial charge in [0, 0.05) is 18.3 Å². The minimum absolute atomic E-state index is 0.442. The quantitative estimate of drug-likeness (QED) is 0.794. The van der Waals surface area contributed by atoms with Crippen molar-refractivity contribution >= 4 is 23.1 Å². The number of aromatic nitrogens is 1. The molecule has 1 heterocycles. The predicted molar refractivity (Wildman–Crippen MR) is 68.7 cm³/mol. The number of nitrogens with zero attached hydrogens (tertiary/aromatic N) is 1. The summed E-state index contributed by atoms with van der Waals surface area (Å²) < 4.78 is 0. The minimum atomic E-state index is 0.442. The summed E-state index contributed by atoms with van der Waals surface area (Å²) in [6.07, 6.45) is 2.60. The third-order valence-electron chi connectivity index (χ3n) is 3.55. The van der Waals surface area contributed by atoms with E-state index in [0.29, 0.717) is 22.2 Å². The van der Waals surface area contributed by atoms with Crippen LogP contribution >= 0.6 is 11.6 Å². The Morgan fingerprint density at radius 1 is 1.50 bits per heavy atom. The molecule has 1 aliphatic rings. The van der Waals surface area contributed by atoms with E-state index in [2.05, 4.69) is 24.1 Å². The standard InChI is InChI=1S/C12H18ClN3/c1-8(2)12(3-4-12)7-15-11-6-9(14)5-10(13)16-11/h5-6,8H,3-4,7H2,1-2H3,(H3,14,15,16). The second-order valence-corrected chi connectivity index (χ2v) is 5.37. The Morgan fingerprint density at radius 2 is 2.19 bits per heavy atom. The summed E-state index contributed by atoms with van der Waals surface area (Å²) in [5.41, 5.74) is 6.82. The van der Waals surface area contributed by atoms with Gasteiger partial charge in [0.05, 0.1) is 0 Å². The van der Waals surface area contributed by atoms with Gasteiger partial charge in [-0.25, -0.2) is 4.98 Å². The van der Waals surface area contributed by atoms with Gasteiger partial charge in [-0.2, -0.15) is 0 Å². The molecule has 3 nitrogen and oxygen atoms in total. The van der Waals surface area contributed by atoms with Crippen molar-refractivity contribution < 1.29 is 0 Å². The Labute approximate surface area is 101 Å². The van der Waals surface area contributed by atoms with E-state index in [1.165, 1.54) is 12.8 Å². The smallest absolute Gasteiger partial charge is 0.133 e. The van der Waals surface area contributed by atoms with Gasteiger partial charge in [-0.1, -0.05) is 25.4 Å². The summed E-state index contributed by atoms with van der Waals surface area (Å²) in [6.45, 7) is 5.50. The number of nitrogens with one attached hydrogen (secondary N) is 1. The van der Waals surface area contributed by atoms with Gasteiger partial charge >= 0.3 is 0 Å². The zero-order valence-corrected chi connectivity index (χ0v) is 10.5. The predicted octanol–water partition coefficient (Wildman–Crippen LogP) is 3.17. The summed E-state index contributed by atoms with van der Waals surface area (Å²) in [4.78, 5) is 4.20. The molecule has 1 saturated carbocycles. The lowest BCUT2D eigenvalue weighted by atomic mass is 9.92. The van der Waals surface area contributed by atoms with Crippen LogP contribution in [-0.4, -0.2) is 11.5 Å². The first kappa shape index (κ1) is 11.5. The molecule has 1 aromatic heterocycles. The van der Waals surface area contributed by atoms with E-state index in [4.69, 9.17) is 17.3 Å². The second-order valence-electron chi connectivity index (χ2n) is 4.98. The monoisotopic (exact) mass is 239 g/mol. The van der Waals surface area contributed by atoms with Crippen molar-refractivity contribution in [2.24, 2.45) is 11.3 Å². The first-order valence-corrected chi connectivity index (χ1v) is 6.07. The summed E-state index contributed by atoms with van der Waals surface area (Å²) in [7, 11) is 0. The van der Waals surface area contributed by atoms with Crippen LogP contribution in [0.5, 0.6) is 0 Å². The van der Waals surface area contributed by atoms with Crippen molar-refractivity contribution in [1.29, 1.82) is 0 Å². The van der Waals surface area contributed by atoms with Crippen LogP contribution in [0.2, 0.25) is 5.15 Å². The number of hydrogen-bond acceptors (Lipinski definition) is 3. The second kappa shape index (κ2) is 4.13. The Kier molecular flexibility index (Phi) is 2.98. The highest BCUT2D eigenvalue weighted by molar-refractivity contribution is 6.29. The molecule has 0 bridgehead atoms. The SMILES string of the molecule is CC(C)C1(CNc2cc(N)cc(Cl)n2)CC1. The van der Waals surface area contributed by atoms with E-state index < -0.39 is 0 Å². The van der Waals surface area contributed by atoms with Crippen LogP contribution in [0.3, 0.4) is 0 Å². The molecule has 0 unspecified atom stereocenters. The average Bonchev–Trinajstić information content (AvgIpc) is 2.94. The topological polar surface area (TPSA) is 50.9 Å². The normalized spacial score (nSPS) is 17.5. The zero-order chi connectivity index (χ0) is 11.8. The van der Waals surface area contributed by atoms with Gasteiger partial charge in [0.15, 0.2) is 0 Å². The first-order chi connectivity index (χ1) is 7.52. The number of rotatable bonds is 4. The fourth-order valence-electron chi connectivity index (χ4n) is 1.99. The fraction of sp³-hybridized carbons (Fsp3) is 0.583. The largest absolute Gasteiger partial charge is 0.399 e. The van der Waals surface area contributed by atoms with Crippen LogP contribution in [0.25, 0.3) is 0 Å². The fourth-order valence-corrected chi connectivity index (χ4v) is 2.21. The first-order valence-electron chi connectivity index (χ1n) is 5.69. The molecule has 0 radical (unpaired) electrons. The molecular formula is C12H18ClN3. The molecular weight excluding hydrogens is 222 g/mol. The van der Waals surface area contributed by atoms with Gasteiger partial charge in [0.2, 0.25) is 0 Å². The molecule has 88 valence electrons. The molecule has 3 N–H and O–H groups in total. The van der Waals surface area contributed by atoms with E-state index in [1.54, 1.807) is 6.07 Å². The summed E-state index contributed by atoms with van der Waals surface area (Å²) >= 11 is 5.85. The third-order valence-corrected chi connectivity index (χ3v) is 3.75. The molecule has 1 aliphatic carbocycles. The Balaban J connectivity index is 2.00. The minimum Gasteiger partial charge on any atom is -0.399 e. The molecule has 1 aromatic rings. The Hall–Kier alpha value is -0.960. The lowest BCUT2D eigenvalue weighted by Gasteiger charge is -2.20. The van der Waals surface area contributed by atoms with E-state index >= 15 is 0 Å². The highest BCUT2D eigenvalue weighted by atomic mass is 35.5. The molecule has 1 fully saturated rings. The van der Waals surface area contributed by atoms with Crippen molar-refractivity contribution in [3.05, 3.63) is 17.3 Å². The van der Waals surface area contributed by atoms with Crippen molar-refractivity contribution in [3.8, 4) is 0 Å². The molecule has 0 aliphatic heterocycles. The van der Waals surface area contributed by atoms with Crippen LogP contribution < -0.4 is 11.1 Å². The Bertz CT molecular complexity index is 366. The summed E-state index contributed by atoms with van der Waals surface area (Å²) in [6, 6.07) is 3.48. The van der Waals surface area contributed by atoms with Crippen LogP contribution in [0.4, 0.5) is 11.5 Å².